The smallest absolute Gasteiger partial charge is 0.276 e. The van der Waals surface area contributed by atoms with Crippen LogP contribution >= 0.6 is 11.3 Å². The summed E-state index contributed by atoms with van der Waals surface area (Å²) in [5, 5.41) is 3.84. The predicted octanol–water partition coefficient (Wildman–Crippen LogP) is 6.66. The molecule has 2 aromatic heterocycles. The van der Waals surface area contributed by atoms with Gasteiger partial charge >= 0.3 is 0 Å². The van der Waals surface area contributed by atoms with E-state index in [1.54, 1.807) is 18.2 Å². The van der Waals surface area contributed by atoms with E-state index < -0.39 is 0 Å². The summed E-state index contributed by atoms with van der Waals surface area (Å²) < 4.78 is 5.93. The van der Waals surface area contributed by atoms with Gasteiger partial charge in [-0.3, -0.25) is 9.59 Å². The zero-order valence-corrected chi connectivity index (χ0v) is 23.6. The van der Waals surface area contributed by atoms with Crippen LogP contribution in [0.1, 0.15) is 32.0 Å². The van der Waals surface area contributed by atoms with Crippen LogP contribution in [0.2, 0.25) is 0 Å². The van der Waals surface area contributed by atoms with E-state index in [1.807, 2.05) is 83.8 Å². The third kappa shape index (κ3) is 5.01. The highest BCUT2D eigenvalue weighted by Gasteiger charge is 2.28. The largest absolute Gasteiger partial charge is 0.491 e. The number of anilines is 3. The lowest BCUT2D eigenvalue weighted by Crippen LogP contribution is -2.34. The Bertz CT molecular complexity index is 1780. The number of ether oxygens (including phenoxy) is 1. The van der Waals surface area contributed by atoms with Crippen LogP contribution in [-0.4, -0.2) is 36.5 Å². The van der Waals surface area contributed by atoms with Crippen LogP contribution in [0.25, 0.3) is 10.4 Å². The number of pyridine rings is 1. The molecule has 0 unspecified atom stereocenters. The lowest BCUT2D eigenvalue weighted by molar-refractivity contribution is 0.0981. The fourth-order valence-corrected chi connectivity index (χ4v) is 6.66. The molecule has 4 heterocycles. The molecule has 0 saturated heterocycles. The first-order valence-electron chi connectivity index (χ1n) is 14.0. The van der Waals surface area contributed by atoms with Crippen LogP contribution in [0, 0.1) is 0 Å². The summed E-state index contributed by atoms with van der Waals surface area (Å²) in [7, 11) is 0. The topological polar surface area (TPSA) is 74.8 Å². The van der Waals surface area contributed by atoms with Crippen LogP contribution < -0.4 is 19.9 Å². The molecule has 2 aliphatic rings. The van der Waals surface area contributed by atoms with Gasteiger partial charge in [0.05, 0.1) is 17.2 Å². The number of carbonyl (C=O) groups excluding carboxylic acids is 2. The molecule has 3 aromatic carbocycles. The minimum atomic E-state index is -0.137. The maximum Gasteiger partial charge on any atom is 0.276 e. The Kier molecular flexibility index (Phi) is 6.89. The third-order valence-electron chi connectivity index (χ3n) is 7.60. The summed E-state index contributed by atoms with van der Waals surface area (Å²) in [4.78, 5) is 36.7. The number of hydrogen-bond donors (Lipinski definition) is 1. The maximum atomic E-state index is 14.0. The van der Waals surface area contributed by atoms with E-state index in [4.69, 9.17) is 9.72 Å². The van der Waals surface area contributed by atoms with Crippen molar-refractivity contribution in [3.05, 3.63) is 126 Å². The van der Waals surface area contributed by atoms with Crippen molar-refractivity contribution in [2.75, 3.05) is 34.8 Å². The van der Waals surface area contributed by atoms with Gasteiger partial charge in [0.2, 0.25) is 0 Å². The number of thiophene rings is 1. The standard InChI is InChI=1S/C34H28N4O3S/c39-33(23-9-2-1-3-10-23)36-31-21-24-17-18-38(28-14-6-5-12-26(28)32(24)42-31)34(40)27-13-8-16-30(35-27)37-19-20-41-29-15-7-4-11-25(29)22-37/h1-16,21H,17-20,22H2,(H,36,39). The number of carbonyl (C=O) groups is 2. The van der Waals surface area contributed by atoms with Crippen molar-refractivity contribution in [3.63, 3.8) is 0 Å². The molecule has 0 aliphatic carbocycles. The highest BCUT2D eigenvalue weighted by Crippen LogP contribution is 2.43. The number of rotatable bonds is 4. The number of aromatic nitrogens is 1. The van der Waals surface area contributed by atoms with Gasteiger partial charge in [-0.05, 0) is 54.4 Å². The molecule has 1 N–H and O–H groups in total. The minimum Gasteiger partial charge on any atom is -0.491 e. The van der Waals surface area contributed by atoms with Crippen LogP contribution in [0.4, 0.5) is 16.5 Å². The average Bonchev–Trinajstić information content (AvgIpc) is 3.21. The first-order chi connectivity index (χ1) is 20.6. The van der Waals surface area contributed by atoms with Crippen molar-refractivity contribution in [3.8, 4) is 16.2 Å². The second-order valence-corrected chi connectivity index (χ2v) is 11.3. The van der Waals surface area contributed by atoms with Crippen molar-refractivity contribution in [2.24, 2.45) is 0 Å². The predicted molar refractivity (Wildman–Crippen MR) is 167 cm³/mol. The Balaban J connectivity index is 1.15. The summed E-state index contributed by atoms with van der Waals surface area (Å²) in [6.07, 6.45) is 0.660. The van der Waals surface area contributed by atoms with E-state index in [-0.39, 0.29) is 11.8 Å². The second kappa shape index (κ2) is 11.1. The van der Waals surface area contributed by atoms with Gasteiger partial charge in [0.25, 0.3) is 11.8 Å². The molecular weight excluding hydrogens is 544 g/mol. The zero-order chi connectivity index (χ0) is 28.5. The summed E-state index contributed by atoms with van der Waals surface area (Å²) >= 11 is 1.54. The highest BCUT2D eigenvalue weighted by molar-refractivity contribution is 7.19. The number of amides is 2. The zero-order valence-electron chi connectivity index (χ0n) is 22.8. The van der Waals surface area contributed by atoms with Gasteiger partial charge in [-0.25, -0.2) is 4.98 Å². The van der Waals surface area contributed by atoms with Gasteiger partial charge < -0.3 is 19.9 Å². The minimum absolute atomic E-state index is 0.136. The van der Waals surface area contributed by atoms with Gasteiger partial charge in [0.15, 0.2) is 0 Å². The molecule has 7 rings (SSSR count). The Morgan fingerprint density at radius 2 is 1.64 bits per heavy atom. The van der Waals surface area contributed by atoms with Crippen LogP contribution in [0.15, 0.2) is 103 Å². The van der Waals surface area contributed by atoms with E-state index in [2.05, 4.69) is 16.3 Å². The van der Waals surface area contributed by atoms with E-state index in [0.717, 1.165) is 43.8 Å². The molecule has 0 spiro atoms. The number of fused-ring (bicyclic) bond motifs is 4. The molecule has 42 heavy (non-hydrogen) atoms. The Morgan fingerprint density at radius 3 is 2.55 bits per heavy atom. The Hall–Kier alpha value is -4.95. The molecule has 0 radical (unpaired) electrons. The molecule has 2 aliphatic heterocycles. The van der Waals surface area contributed by atoms with Crippen molar-refractivity contribution in [1.82, 2.24) is 4.98 Å². The molecule has 0 bridgehead atoms. The van der Waals surface area contributed by atoms with Gasteiger partial charge in [0, 0.05) is 34.7 Å². The van der Waals surface area contributed by atoms with Crippen molar-refractivity contribution >= 4 is 39.7 Å². The molecule has 208 valence electrons. The van der Waals surface area contributed by atoms with Crippen molar-refractivity contribution in [1.29, 1.82) is 0 Å². The van der Waals surface area contributed by atoms with Gasteiger partial charge in [-0.2, -0.15) is 0 Å². The number of nitrogens with one attached hydrogen (secondary N) is 1. The molecule has 7 nitrogen and oxygen atoms in total. The lowest BCUT2D eigenvalue weighted by Gasteiger charge is -2.24. The monoisotopic (exact) mass is 572 g/mol. The average molecular weight is 573 g/mol. The molecule has 2 amide bonds. The van der Waals surface area contributed by atoms with E-state index >= 15 is 0 Å². The summed E-state index contributed by atoms with van der Waals surface area (Å²) in [6, 6.07) is 32.9. The van der Waals surface area contributed by atoms with Gasteiger partial charge in [0.1, 0.15) is 23.9 Å². The molecule has 8 heteroatoms. The van der Waals surface area contributed by atoms with Crippen molar-refractivity contribution in [2.45, 2.75) is 13.0 Å². The molecule has 0 fully saturated rings. The van der Waals surface area contributed by atoms with Crippen molar-refractivity contribution < 1.29 is 14.3 Å². The second-order valence-electron chi connectivity index (χ2n) is 10.3. The number of benzene rings is 3. The normalized spacial score (nSPS) is 14.0. The third-order valence-corrected chi connectivity index (χ3v) is 8.73. The summed E-state index contributed by atoms with van der Waals surface area (Å²) in [6.45, 7) is 2.39. The van der Waals surface area contributed by atoms with Crippen LogP contribution in [0.5, 0.6) is 5.75 Å². The van der Waals surface area contributed by atoms with E-state index in [1.165, 1.54) is 11.3 Å². The van der Waals surface area contributed by atoms with E-state index in [0.29, 0.717) is 43.9 Å². The molecule has 5 aromatic rings. The molecule has 0 saturated carbocycles. The first kappa shape index (κ1) is 26.0. The summed E-state index contributed by atoms with van der Waals surface area (Å²) in [5.41, 5.74) is 5.04. The lowest BCUT2D eigenvalue weighted by atomic mass is 10.1. The van der Waals surface area contributed by atoms with E-state index in [9.17, 15) is 9.59 Å². The SMILES string of the molecule is O=C(Nc1cc2c(s1)-c1ccccc1N(C(=O)c1cccc(N3CCOc4ccccc4C3)n1)CC2)c1ccccc1. The van der Waals surface area contributed by atoms with Crippen LogP contribution in [0.3, 0.4) is 0 Å². The fraction of sp³-hybridized carbons (Fsp3) is 0.147. The highest BCUT2D eigenvalue weighted by atomic mass is 32.1. The Labute approximate surface area is 248 Å². The molecule has 0 atom stereocenters. The Morgan fingerprint density at radius 1 is 0.833 bits per heavy atom. The van der Waals surface area contributed by atoms with Gasteiger partial charge in [-0.1, -0.05) is 60.7 Å². The van der Waals surface area contributed by atoms with Gasteiger partial charge in [-0.15, -0.1) is 11.3 Å². The quantitative estimate of drug-likeness (QED) is 0.261. The number of hydrogen-bond acceptors (Lipinski definition) is 6. The first-order valence-corrected chi connectivity index (χ1v) is 14.8. The van der Waals surface area contributed by atoms with Crippen LogP contribution in [-0.2, 0) is 13.0 Å². The molecular formula is C34H28N4O3S. The number of para-hydroxylation sites is 2. The summed E-state index contributed by atoms with van der Waals surface area (Å²) in [5.74, 6) is 1.37. The fourth-order valence-electron chi connectivity index (χ4n) is 5.52. The maximum absolute atomic E-state index is 14.0. The number of nitrogens with zero attached hydrogens (tertiary/aromatic N) is 3.